The maximum Gasteiger partial charge on any atom is 0.261 e. The third kappa shape index (κ3) is 4.09. The molecule has 0 saturated heterocycles. The van der Waals surface area contributed by atoms with Crippen LogP contribution in [0.15, 0.2) is 35.2 Å². The Morgan fingerprint density at radius 2 is 1.69 bits per heavy atom. The molecule has 1 amide bonds. The molecule has 2 aromatic carbocycles. The lowest BCUT2D eigenvalue weighted by molar-refractivity contribution is -0.116. The molecular weight excluding hydrogens is 396 g/mol. The van der Waals surface area contributed by atoms with E-state index in [2.05, 4.69) is 4.72 Å². The molecule has 0 unspecified atom stereocenters. The number of sulfonamides is 1. The number of hydrogen-bond donors (Lipinski definition) is 1. The Bertz CT molecular complexity index is 1010. The van der Waals surface area contributed by atoms with Crippen LogP contribution in [0.2, 0.25) is 0 Å². The Morgan fingerprint density at radius 3 is 2.24 bits per heavy atom. The van der Waals surface area contributed by atoms with Gasteiger partial charge in [-0.15, -0.1) is 0 Å². The number of nitrogens with one attached hydrogen (secondary N) is 1. The van der Waals surface area contributed by atoms with E-state index in [1.807, 2.05) is 0 Å². The fraction of sp³-hybridized carbons (Fsp3) is 0.350. The first-order valence-corrected chi connectivity index (χ1v) is 10.5. The summed E-state index contributed by atoms with van der Waals surface area (Å²) in [5.41, 5.74) is 1.87. The molecule has 3 rings (SSSR count). The third-order valence-electron chi connectivity index (χ3n) is 4.78. The fourth-order valence-electron chi connectivity index (χ4n) is 3.42. The van der Waals surface area contributed by atoms with Gasteiger partial charge in [-0.05, 0) is 36.6 Å². The highest BCUT2D eigenvalue weighted by Gasteiger charge is 2.24. The molecule has 0 atom stereocenters. The lowest BCUT2D eigenvalue weighted by atomic mass is 10.0. The normalized spacial score (nSPS) is 13.4. The summed E-state index contributed by atoms with van der Waals surface area (Å²) in [6.45, 7) is 2.14. The summed E-state index contributed by atoms with van der Waals surface area (Å²) in [5.74, 6) is 0.993. The fourth-order valence-corrected chi connectivity index (χ4v) is 4.51. The first-order chi connectivity index (χ1) is 13.8. The van der Waals surface area contributed by atoms with Gasteiger partial charge >= 0.3 is 0 Å². The van der Waals surface area contributed by atoms with Gasteiger partial charge in [-0.1, -0.05) is 0 Å². The number of amides is 1. The topological polar surface area (TPSA) is 94.2 Å². The summed E-state index contributed by atoms with van der Waals surface area (Å²) in [5, 5.41) is 0. The van der Waals surface area contributed by atoms with Gasteiger partial charge in [-0.3, -0.25) is 9.52 Å². The molecule has 9 heteroatoms. The Labute approximate surface area is 170 Å². The van der Waals surface area contributed by atoms with Crippen molar-refractivity contribution in [2.75, 3.05) is 37.5 Å². The van der Waals surface area contributed by atoms with E-state index in [1.165, 1.54) is 46.5 Å². The van der Waals surface area contributed by atoms with Crippen LogP contribution in [0.3, 0.4) is 0 Å². The molecule has 2 aromatic rings. The number of benzene rings is 2. The number of aryl methyl sites for hydroxylation is 1. The van der Waals surface area contributed by atoms with Gasteiger partial charge in [0.1, 0.15) is 0 Å². The van der Waals surface area contributed by atoms with Gasteiger partial charge in [0.15, 0.2) is 11.5 Å². The second-order valence-corrected chi connectivity index (χ2v) is 8.27. The summed E-state index contributed by atoms with van der Waals surface area (Å²) in [4.78, 5) is 13.6. The number of carbonyl (C=O) groups excluding carboxylic acids is 1. The minimum Gasteiger partial charge on any atom is -0.493 e. The molecule has 1 aliphatic heterocycles. The summed E-state index contributed by atoms with van der Waals surface area (Å²) in [6, 6.07) is 7.84. The quantitative estimate of drug-likeness (QED) is 0.772. The molecule has 0 aromatic heterocycles. The van der Waals surface area contributed by atoms with Crippen LogP contribution in [0, 0.1) is 0 Å². The zero-order valence-corrected chi connectivity index (χ0v) is 17.6. The smallest absolute Gasteiger partial charge is 0.261 e. The van der Waals surface area contributed by atoms with Crippen molar-refractivity contribution in [3.8, 4) is 17.2 Å². The summed E-state index contributed by atoms with van der Waals surface area (Å²) < 4.78 is 44.3. The minimum absolute atomic E-state index is 0.0582. The monoisotopic (exact) mass is 420 g/mol. The summed E-state index contributed by atoms with van der Waals surface area (Å²) >= 11 is 0. The van der Waals surface area contributed by atoms with Crippen LogP contribution >= 0.6 is 0 Å². The van der Waals surface area contributed by atoms with Crippen LogP contribution in [0.4, 0.5) is 11.4 Å². The molecule has 0 radical (unpaired) electrons. The number of carbonyl (C=O) groups is 1. The first kappa shape index (κ1) is 20.8. The molecule has 156 valence electrons. The van der Waals surface area contributed by atoms with Crippen molar-refractivity contribution in [1.29, 1.82) is 0 Å². The molecule has 29 heavy (non-hydrogen) atoms. The highest BCUT2D eigenvalue weighted by atomic mass is 32.2. The van der Waals surface area contributed by atoms with Crippen molar-refractivity contribution >= 4 is 27.3 Å². The van der Waals surface area contributed by atoms with E-state index in [1.54, 1.807) is 17.0 Å². The van der Waals surface area contributed by atoms with Crippen molar-refractivity contribution in [2.24, 2.45) is 0 Å². The number of ether oxygens (including phenoxy) is 3. The number of nitrogens with zero attached hydrogens (tertiary/aromatic N) is 1. The Balaban J connectivity index is 1.96. The van der Waals surface area contributed by atoms with Crippen molar-refractivity contribution < 1.29 is 27.4 Å². The zero-order valence-electron chi connectivity index (χ0n) is 16.8. The van der Waals surface area contributed by atoms with E-state index in [0.717, 1.165) is 17.7 Å². The van der Waals surface area contributed by atoms with Gasteiger partial charge in [0, 0.05) is 31.3 Å². The largest absolute Gasteiger partial charge is 0.493 e. The van der Waals surface area contributed by atoms with E-state index >= 15 is 0 Å². The standard InChI is InChI=1S/C20H24N2O6S/c1-13(23)22-9-5-6-14-10-16(7-8-17(14)22)29(24,25)21-15-11-18(26-2)20(28-4)19(12-15)27-3/h7-8,10-12,21H,5-6,9H2,1-4H3. The summed E-state index contributed by atoms with van der Waals surface area (Å²) in [7, 11) is 0.531. The molecule has 0 bridgehead atoms. The van der Waals surface area contributed by atoms with Crippen LogP contribution in [0.1, 0.15) is 18.9 Å². The Morgan fingerprint density at radius 1 is 1.03 bits per heavy atom. The molecule has 8 nitrogen and oxygen atoms in total. The maximum atomic E-state index is 13.0. The van der Waals surface area contributed by atoms with Gasteiger partial charge in [0.2, 0.25) is 11.7 Å². The highest BCUT2D eigenvalue weighted by Crippen LogP contribution is 2.40. The number of anilines is 2. The predicted octanol–water partition coefficient (Wildman–Crippen LogP) is 2.81. The molecule has 0 fully saturated rings. The molecular formula is C20H24N2O6S. The average Bonchev–Trinajstić information content (AvgIpc) is 2.71. The number of methoxy groups -OCH3 is 3. The molecule has 1 N–H and O–H groups in total. The van der Waals surface area contributed by atoms with E-state index in [-0.39, 0.29) is 16.5 Å². The van der Waals surface area contributed by atoms with Crippen molar-refractivity contribution in [3.63, 3.8) is 0 Å². The predicted molar refractivity (Wildman–Crippen MR) is 110 cm³/mol. The third-order valence-corrected chi connectivity index (χ3v) is 6.16. The van der Waals surface area contributed by atoms with Crippen LogP contribution in [0.5, 0.6) is 17.2 Å². The molecule has 0 spiro atoms. The van der Waals surface area contributed by atoms with Crippen LogP contribution in [-0.2, 0) is 21.2 Å². The van der Waals surface area contributed by atoms with Crippen LogP contribution < -0.4 is 23.8 Å². The van der Waals surface area contributed by atoms with E-state index in [0.29, 0.717) is 30.2 Å². The Hall–Kier alpha value is -2.94. The second kappa shape index (κ2) is 8.20. The molecule has 1 heterocycles. The van der Waals surface area contributed by atoms with Crippen molar-refractivity contribution in [3.05, 3.63) is 35.9 Å². The lowest BCUT2D eigenvalue weighted by Gasteiger charge is -2.28. The molecule has 1 aliphatic rings. The molecule has 0 saturated carbocycles. The van der Waals surface area contributed by atoms with Gasteiger partial charge in [0.25, 0.3) is 10.0 Å². The second-order valence-electron chi connectivity index (χ2n) is 6.58. The van der Waals surface area contributed by atoms with Gasteiger partial charge in [0.05, 0.1) is 31.9 Å². The first-order valence-electron chi connectivity index (χ1n) is 9.04. The van der Waals surface area contributed by atoms with E-state index in [9.17, 15) is 13.2 Å². The van der Waals surface area contributed by atoms with Crippen LogP contribution in [-0.4, -0.2) is 42.2 Å². The van der Waals surface area contributed by atoms with Gasteiger partial charge in [-0.25, -0.2) is 8.42 Å². The lowest BCUT2D eigenvalue weighted by Crippen LogP contribution is -2.33. The SMILES string of the molecule is COc1cc(NS(=O)(=O)c2ccc3c(c2)CCCN3C(C)=O)cc(OC)c1OC. The number of hydrogen-bond acceptors (Lipinski definition) is 6. The summed E-state index contributed by atoms with van der Waals surface area (Å²) in [6.07, 6.45) is 1.50. The maximum absolute atomic E-state index is 13.0. The van der Waals surface area contributed by atoms with Crippen molar-refractivity contribution in [2.45, 2.75) is 24.7 Å². The Kier molecular flexibility index (Phi) is 5.88. The van der Waals surface area contributed by atoms with Gasteiger partial charge in [-0.2, -0.15) is 0 Å². The van der Waals surface area contributed by atoms with Crippen LogP contribution in [0.25, 0.3) is 0 Å². The zero-order chi connectivity index (χ0) is 21.2. The highest BCUT2D eigenvalue weighted by molar-refractivity contribution is 7.92. The molecule has 0 aliphatic carbocycles. The van der Waals surface area contributed by atoms with E-state index in [4.69, 9.17) is 14.2 Å². The van der Waals surface area contributed by atoms with Gasteiger partial charge < -0.3 is 19.1 Å². The number of fused-ring (bicyclic) bond motifs is 1. The average molecular weight is 420 g/mol. The number of rotatable bonds is 6. The minimum atomic E-state index is -3.86. The van der Waals surface area contributed by atoms with E-state index < -0.39 is 10.0 Å². The van der Waals surface area contributed by atoms with Crippen molar-refractivity contribution in [1.82, 2.24) is 0 Å².